The summed E-state index contributed by atoms with van der Waals surface area (Å²) in [6.45, 7) is 4.59. The molecule has 0 rings (SSSR count). The zero-order chi connectivity index (χ0) is 46.3. The standard InChI is InChI=1S/C54H97NO8/c1-6-8-10-12-14-15-16-17-18-19-20-21-22-23-24-25-26-27-28-29-30-31-32-33-34-35-36-37-39-41-43-45-52(57)63-50(48-61-51(56)44-42-40-38-13-11-9-7-2)49-62-54(53(58)59)60-47-46-55(3,4)5/h8,10,14-15,17-18,20-21,50,54H,6-7,9,11-13,16,19,22-49H2,1-5H3/b10-8-,15-14-,18-17-,21-20-. The zero-order valence-corrected chi connectivity index (χ0v) is 41.4. The van der Waals surface area contributed by atoms with Crippen molar-refractivity contribution in [1.29, 1.82) is 0 Å². The number of carboxylic acids is 1. The molecule has 0 aliphatic heterocycles. The Morgan fingerprint density at radius 1 is 0.492 bits per heavy atom. The molecule has 2 unspecified atom stereocenters. The number of quaternary nitrogens is 1. The number of carbonyl (C=O) groups is 3. The zero-order valence-electron chi connectivity index (χ0n) is 41.4. The molecule has 0 N–H and O–H groups in total. The lowest BCUT2D eigenvalue weighted by Gasteiger charge is -2.26. The number of nitrogens with zero attached hydrogens (tertiary/aromatic N) is 1. The number of hydrogen-bond acceptors (Lipinski definition) is 8. The van der Waals surface area contributed by atoms with Crippen molar-refractivity contribution in [2.24, 2.45) is 0 Å². The molecule has 366 valence electrons. The molecule has 0 aliphatic carbocycles. The summed E-state index contributed by atoms with van der Waals surface area (Å²) < 4.78 is 22.5. The topological polar surface area (TPSA) is 111 Å². The number of hydrogen-bond donors (Lipinski definition) is 0. The first-order valence-electron chi connectivity index (χ1n) is 25.8. The third-order valence-electron chi connectivity index (χ3n) is 11.1. The van der Waals surface area contributed by atoms with Gasteiger partial charge in [0.1, 0.15) is 13.2 Å². The molecule has 0 saturated heterocycles. The smallest absolute Gasteiger partial charge is 0.306 e. The van der Waals surface area contributed by atoms with E-state index in [1.54, 1.807) is 0 Å². The molecule has 9 nitrogen and oxygen atoms in total. The number of ether oxygens (including phenoxy) is 4. The minimum absolute atomic E-state index is 0.149. The minimum atomic E-state index is -1.62. The van der Waals surface area contributed by atoms with Crippen molar-refractivity contribution in [3.05, 3.63) is 48.6 Å². The van der Waals surface area contributed by atoms with Gasteiger partial charge in [-0.2, -0.15) is 0 Å². The minimum Gasteiger partial charge on any atom is -0.545 e. The summed E-state index contributed by atoms with van der Waals surface area (Å²) in [7, 11) is 5.91. The predicted molar refractivity (Wildman–Crippen MR) is 260 cm³/mol. The molecule has 9 heteroatoms. The van der Waals surface area contributed by atoms with Gasteiger partial charge < -0.3 is 33.3 Å². The van der Waals surface area contributed by atoms with Crippen molar-refractivity contribution < 1.29 is 42.9 Å². The molecule has 0 heterocycles. The lowest BCUT2D eigenvalue weighted by atomic mass is 10.0. The molecule has 0 aliphatic rings. The number of esters is 2. The molecular formula is C54H97NO8. The Morgan fingerprint density at radius 2 is 0.905 bits per heavy atom. The van der Waals surface area contributed by atoms with Gasteiger partial charge in [-0.25, -0.2) is 0 Å². The summed E-state index contributed by atoms with van der Waals surface area (Å²) in [6, 6.07) is 0. The Kier molecular flexibility index (Phi) is 43.8. The van der Waals surface area contributed by atoms with Crippen LogP contribution in [0.4, 0.5) is 0 Å². The van der Waals surface area contributed by atoms with Crippen LogP contribution in [0.15, 0.2) is 48.6 Å². The number of carboxylic acid groups (broad SMARTS) is 1. The van der Waals surface area contributed by atoms with Crippen molar-refractivity contribution in [3.63, 3.8) is 0 Å². The van der Waals surface area contributed by atoms with E-state index in [9.17, 15) is 19.5 Å². The van der Waals surface area contributed by atoms with Crippen LogP contribution in [0.2, 0.25) is 0 Å². The van der Waals surface area contributed by atoms with Crippen molar-refractivity contribution in [1.82, 2.24) is 0 Å². The number of aliphatic carboxylic acids is 1. The maximum atomic E-state index is 12.8. The second-order valence-electron chi connectivity index (χ2n) is 18.4. The number of rotatable bonds is 47. The lowest BCUT2D eigenvalue weighted by Crippen LogP contribution is -2.44. The molecular weight excluding hydrogens is 791 g/mol. The van der Waals surface area contributed by atoms with Crippen LogP contribution in [-0.2, 0) is 33.3 Å². The molecule has 0 saturated carbocycles. The fraction of sp³-hybridized carbons (Fsp3) is 0.796. The van der Waals surface area contributed by atoms with Crippen LogP contribution in [0.5, 0.6) is 0 Å². The van der Waals surface area contributed by atoms with Crippen molar-refractivity contribution in [2.75, 3.05) is 47.5 Å². The third kappa shape index (κ3) is 47.0. The highest BCUT2D eigenvalue weighted by Crippen LogP contribution is 2.16. The van der Waals surface area contributed by atoms with E-state index in [-0.39, 0.29) is 32.2 Å². The van der Waals surface area contributed by atoms with Gasteiger partial charge in [0.05, 0.1) is 40.3 Å². The first-order chi connectivity index (χ1) is 30.6. The Bertz CT molecular complexity index is 1170. The first kappa shape index (κ1) is 60.2. The van der Waals surface area contributed by atoms with Crippen LogP contribution in [-0.4, -0.2) is 82.3 Å². The van der Waals surface area contributed by atoms with E-state index >= 15 is 0 Å². The Morgan fingerprint density at radius 3 is 1.35 bits per heavy atom. The summed E-state index contributed by atoms with van der Waals surface area (Å²) in [5.74, 6) is -2.28. The molecule has 63 heavy (non-hydrogen) atoms. The summed E-state index contributed by atoms with van der Waals surface area (Å²) in [5.41, 5.74) is 0. The van der Waals surface area contributed by atoms with E-state index in [0.29, 0.717) is 23.9 Å². The van der Waals surface area contributed by atoms with Gasteiger partial charge in [-0.1, -0.05) is 204 Å². The van der Waals surface area contributed by atoms with E-state index in [4.69, 9.17) is 18.9 Å². The Balaban J connectivity index is 4.01. The maximum Gasteiger partial charge on any atom is 0.306 e. The average molecular weight is 888 g/mol. The van der Waals surface area contributed by atoms with Crippen LogP contribution in [0.1, 0.15) is 219 Å². The molecule has 0 fully saturated rings. The molecule has 0 amide bonds. The predicted octanol–water partition coefficient (Wildman–Crippen LogP) is 13.0. The molecule has 2 atom stereocenters. The SMILES string of the molecule is CC/C=C\C/C=C\C/C=C\C/C=C\CCCCCCCCCCCCCCCCCCCCC(=O)OC(COC(=O)CCCCCCCCC)COC(OCC[N+](C)(C)C)C(=O)[O-]. The highest BCUT2D eigenvalue weighted by Gasteiger charge is 2.22. The Labute approximate surface area is 387 Å². The number of likely N-dealkylation sites (N-methyl/N-ethyl adjacent to an activating group) is 1. The number of carbonyl (C=O) groups excluding carboxylic acids is 3. The quantitative estimate of drug-likeness (QED) is 0.0195. The van der Waals surface area contributed by atoms with Crippen LogP contribution in [0.25, 0.3) is 0 Å². The van der Waals surface area contributed by atoms with Gasteiger partial charge in [-0.15, -0.1) is 0 Å². The van der Waals surface area contributed by atoms with Gasteiger partial charge in [-0.05, 0) is 51.4 Å². The second-order valence-corrected chi connectivity index (χ2v) is 18.4. The average Bonchev–Trinajstić information content (AvgIpc) is 3.24. The van der Waals surface area contributed by atoms with Gasteiger partial charge in [0.25, 0.3) is 0 Å². The summed E-state index contributed by atoms with van der Waals surface area (Å²) in [5, 5.41) is 11.7. The molecule has 0 bridgehead atoms. The molecule has 0 radical (unpaired) electrons. The Hall–Kier alpha value is -2.75. The largest absolute Gasteiger partial charge is 0.545 e. The summed E-state index contributed by atoms with van der Waals surface area (Å²) in [6.07, 6.45) is 51.9. The van der Waals surface area contributed by atoms with Gasteiger partial charge >= 0.3 is 11.9 Å². The van der Waals surface area contributed by atoms with E-state index in [2.05, 4.69) is 62.5 Å². The summed E-state index contributed by atoms with van der Waals surface area (Å²) in [4.78, 5) is 36.9. The fourth-order valence-corrected chi connectivity index (χ4v) is 7.12. The van der Waals surface area contributed by atoms with E-state index < -0.39 is 24.3 Å². The van der Waals surface area contributed by atoms with Crippen molar-refractivity contribution in [3.8, 4) is 0 Å². The van der Waals surface area contributed by atoms with Crippen LogP contribution >= 0.6 is 0 Å². The van der Waals surface area contributed by atoms with Crippen LogP contribution < -0.4 is 5.11 Å². The lowest BCUT2D eigenvalue weighted by molar-refractivity contribution is -0.870. The monoisotopic (exact) mass is 888 g/mol. The highest BCUT2D eigenvalue weighted by atomic mass is 16.7. The number of allylic oxidation sites excluding steroid dienone is 8. The molecule has 0 aromatic heterocycles. The second kappa shape index (κ2) is 45.8. The van der Waals surface area contributed by atoms with Gasteiger partial charge in [0.2, 0.25) is 0 Å². The van der Waals surface area contributed by atoms with Gasteiger partial charge in [0.15, 0.2) is 12.4 Å². The van der Waals surface area contributed by atoms with Crippen molar-refractivity contribution in [2.45, 2.75) is 232 Å². The van der Waals surface area contributed by atoms with E-state index in [1.165, 1.54) is 128 Å². The first-order valence-corrected chi connectivity index (χ1v) is 25.8. The van der Waals surface area contributed by atoms with Crippen molar-refractivity contribution >= 4 is 17.9 Å². The van der Waals surface area contributed by atoms with E-state index in [0.717, 1.165) is 57.8 Å². The molecule has 0 aromatic carbocycles. The van der Waals surface area contributed by atoms with Gasteiger partial charge in [-0.3, -0.25) is 9.59 Å². The highest BCUT2D eigenvalue weighted by molar-refractivity contribution is 5.70. The van der Waals surface area contributed by atoms with Gasteiger partial charge in [0, 0.05) is 12.8 Å². The third-order valence-corrected chi connectivity index (χ3v) is 11.1. The maximum absolute atomic E-state index is 12.8. The fourth-order valence-electron chi connectivity index (χ4n) is 7.12. The molecule has 0 aromatic rings. The molecule has 0 spiro atoms. The summed E-state index contributed by atoms with van der Waals surface area (Å²) >= 11 is 0. The van der Waals surface area contributed by atoms with E-state index in [1.807, 2.05) is 21.1 Å². The normalized spacial score (nSPS) is 13.2. The van der Waals surface area contributed by atoms with Crippen LogP contribution in [0.3, 0.4) is 0 Å². The van der Waals surface area contributed by atoms with Crippen LogP contribution in [0, 0.1) is 0 Å². The number of unbranched alkanes of at least 4 members (excludes halogenated alkanes) is 24.